The first kappa shape index (κ1) is 21.6. The maximum Gasteiger partial charge on any atom is 0.276 e. The highest BCUT2D eigenvalue weighted by Gasteiger charge is 2.17. The Labute approximate surface area is 170 Å². The van der Waals surface area contributed by atoms with Crippen LogP contribution in [0.5, 0.6) is 11.5 Å². The van der Waals surface area contributed by atoms with Gasteiger partial charge in [-0.05, 0) is 53.8 Å². The van der Waals surface area contributed by atoms with Gasteiger partial charge < -0.3 is 9.47 Å². The highest BCUT2D eigenvalue weighted by molar-refractivity contribution is 6.30. The van der Waals surface area contributed by atoms with Gasteiger partial charge in [-0.25, -0.2) is 0 Å². The number of ether oxygens (including phenoxy) is 2. The first-order valence-electron chi connectivity index (χ1n) is 8.99. The van der Waals surface area contributed by atoms with Crippen molar-refractivity contribution in [2.75, 3.05) is 13.2 Å². The van der Waals surface area contributed by atoms with Gasteiger partial charge in [0.25, 0.3) is 11.8 Å². The van der Waals surface area contributed by atoms with Crippen molar-refractivity contribution in [2.45, 2.75) is 32.6 Å². The van der Waals surface area contributed by atoms with Crippen LogP contribution in [0.25, 0.3) is 0 Å². The van der Waals surface area contributed by atoms with E-state index in [1.165, 1.54) is 5.56 Å². The molecule has 0 fully saturated rings. The first-order valence-corrected chi connectivity index (χ1v) is 9.37. The van der Waals surface area contributed by atoms with Crippen LogP contribution in [-0.2, 0) is 15.0 Å². The third kappa shape index (κ3) is 6.78. The lowest BCUT2D eigenvalue weighted by molar-refractivity contribution is -0.131. The minimum atomic E-state index is -0.491. The predicted molar refractivity (Wildman–Crippen MR) is 108 cm³/mol. The standard InChI is InChI=1S/C21H25ClN2O4/c1-4-21(2,3)15-5-9-17(10-6-15)27-13-19(25)23-24-20(26)14-28-18-11-7-16(22)8-12-18/h5-12H,4,13-14H2,1-3H3,(H,23,25)(H,24,26). The van der Waals surface area contributed by atoms with Gasteiger partial charge >= 0.3 is 0 Å². The summed E-state index contributed by atoms with van der Waals surface area (Å²) < 4.78 is 10.7. The van der Waals surface area contributed by atoms with Crippen LogP contribution in [0, 0.1) is 0 Å². The molecule has 0 atom stereocenters. The number of rotatable bonds is 8. The normalized spacial score (nSPS) is 10.9. The lowest BCUT2D eigenvalue weighted by Gasteiger charge is -2.23. The summed E-state index contributed by atoms with van der Waals surface area (Å²) in [6, 6.07) is 14.3. The number of carbonyl (C=O) groups excluding carboxylic acids is 2. The van der Waals surface area contributed by atoms with E-state index in [4.69, 9.17) is 21.1 Å². The average Bonchev–Trinajstić information content (AvgIpc) is 2.70. The van der Waals surface area contributed by atoms with Gasteiger partial charge in [0.15, 0.2) is 13.2 Å². The Morgan fingerprint density at radius 3 is 1.71 bits per heavy atom. The molecule has 28 heavy (non-hydrogen) atoms. The smallest absolute Gasteiger partial charge is 0.276 e. The lowest BCUT2D eigenvalue weighted by atomic mass is 9.82. The molecule has 0 aromatic heterocycles. The van der Waals surface area contributed by atoms with Crippen molar-refractivity contribution < 1.29 is 19.1 Å². The minimum absolute atomic E-state index is 0.0915. The van der Waals surface area contributed by atoms with Gasteiger partial charge in [0.2, 0.25) is 0 Å². The maximum atomic E-state index is 11.8. The molecule has 2 N–H and O–H groups in total. The molecule has 0 aliphatic rings. The number of benzene rings is 2. The Morgan fingerprint density at radius 1 is 0.857 bits per heavy atom. The van der Waals surface area contributed by atoms with Crippen LogP contribution in [-0.4, -0.2) is 25.0 Å². The average molecular weight is 405 g/mol. The van der Waals surface area contributed by atoms with E-state index in [1.54, 1.807) is 24.3 Å². The second-order valence-electron chi connectivity index (χ2n) is 6.89. The molecule has 0 aliphatic carbocycles. The molecule has 2 amide bonds. The molecule has 2 aromatic carbocycles. The van der Waals surface area contributed by atoms with Crippen molar-refractivity contribution in [3.63, 3.8) is 0 Å². The van der Waals surface area contributed by atoms with Gasteiger partial charge in [-0.2, -0.15) is 0 Å². The summed E-state index contributed by atoms with van der Waals surface area (Å²) >= 11 is 5.77. The Hall–Kier alpha value is -2.73. The van der Waals surface area contributed by atoms with Crippen LogP contribution in [0.2, 0.25) is 5.02 Å². The Morgan fingerprint density at radius 2 is 1.29 bits per heavy atom. The molecule has 0 saturated heterocycles. The molecule has 0 saturated carbocycles. The molecular weight excluding hydrogens is 380 g/mol. The molecule has 0 bridgehead atoms. The van der Waals surface area contributed by atoms with Crippen LogP contribution in [0.15, 0.2) is 48.5 Å². The van der Waals surface area contributed by atoms with Crippen LogP contribution >= 0.6 is 11.6 Å². The molecule has 2 aromatic rings. The third-order valence-electron chi connectivity index (χ3n) is 4.41. The predicted octanol–water partition coefficient (Wildman–Crippen LogP) is 3.63. The largest absolute Gasteiger partial charge is 0.484 e. The molecular formula is C21H25ClN2O4. The van der Waals surface area contributed by atoms with Crippen LogP contribution in [0.3, 0.4) is 0 Å². The minimum Gasteiger partial charge on any atom is -0.484 e. The number of nitrogens with one attached hydrogen (secondary N) is 2. The van der Waals surface area contributed by atoms with Gasteiger partial charge in [-0.1, -0.05) is 44.5 Å². The molecule has 7 heteroatoms. The van der Waals surface area contributed by atoms with Gasteiger partial charge in [0.05, 0.1) is 0 Å². The molecule has 0 spiro atoms. The van der Waals surface area contributed by atoms with Crippen molar-refractivity contribution in [1.82, 2.24) is 10.9 Å². The summed E-state index contributed by atoms with van der Waals surface area (Å²) in [6.07, 6.45) is 1.02. The van der Waals surface area contributed by atoms with Crippen molar-refractivity contribution in [3.05, 3.63) is 59.1 Å². The zero-order valence-electron chi connectivity index (χ0n) is 16.3. The van der Waals surface area contributed by atoms with Crippen molar-refractivity contribution in [3.8, 4) is 11.5 Å². The van der Waals surface area contributed by atoms with E-state index in [0.29, 0.717) is 16.5 Å². The van der Waals surface area contributed by atoms with Gasteiger partial charge in [-0.15, -0.1) is 0 Å². The SMILES string of the molecule is CCC(C)(C)c1ccc(OCC(=O)NNC(=O)COc2ccc(Cl)cc2)cc1. The van der Waals surface area contributed by atoms with E-state index in [9.17, 15) is 9.59 Å². The monoisotopic (exact) mass is 404 g/mol. The van der Waals surface area contributed by atoms with Crippen LogP contribution in [0.1, 0.15) is 32.8 Å². The zero-order chi connectivity index (χ0) is 20.6. The second-order valence-corrected chi connectivity index (χ2v) is 7.33. The summed E-state index contributed by atoms with van der Waals surface area (Å²) in [5, 5.41) is 0.577. The molecule has 2 rings (SSSR count). The summed E-state index contributed by atoms with van der Waals surface area (Å²) in [5.74, 6) is 0.124. The van der Waals surface area contributed by atoms with Gasteiger partial charge in [0, 0.05) is 5.02 Å². The molecule has 150 valence electrons. The highest BCUT2D eigenvalue weighted by Crippen LogP contribution is 2.27. The molecule has 0 heterocycles. The fraction of sp³-hybridized carbons (Fsp3) is 0.333. The zero-order valence-corrected chi connectivity index (χ0v) is 17.0. The van der Waals surface area contributed by atoms with E-state index in [2.05, 4.69) is 31.6 Å². The molecule has 0 unspecified atom stereocenters. The lowest BCUT2D eigenvalue weighted by Crippen LogP contribution is -2.45. The van der Waals surface area contributed by atoms with Crippen molar-refractivity contribution >= 4 is 23.4 Å². The number of hydrazine groups is 1. The first-order chi connectivity index (χ1) is 13.3. The number of carbonyl (C=O) groups is 2. The fourth-order valence-electron chi connectivity index (χ4n) is 2.25. The van der Waals surface area contributed by atoms with Crippen LogP contribution < -0.4 is 20.3 Å². The van der Waals surface area contributed by atoms with Gasteiger partial charge in [-0.3, -0.25) is 20.4 Å². The molecule has 0 aliphatic heterocycles. The summed E-state index contributed by atoms with van der Waals surface area (Å²) in [7, 11) is 0. The summed E-state index contributed by atoms with van der Waals surface area (Å²) in [5.41, 5.74) is 5.85. The molecule has 6 nitrogen and oxygen atoms in total. The maximum absolute atomic E-state index is 11.8. The van der Waals surface area contributed by atoms with E-state index < -0.39 is 11.8 Å². The highest BCUT2D eigenvalue weighted by atomic mass is 35.5. The van der Waals surface area contributed by atoms with Crippen molar-refractivity contribution in [1.29, 1.82) is 0 Å². The molecule has 0 radical (unpaired) electrons. The number of amides is 2. The van der Waals surface area contributed by atoms with E-state index in [1.807, 2.05) is 24.3 Å². The third-order valence-corrected chi connectivity index (χ3v) is 4.67. The van der Waals surface area contributed by atoms with Crippen LogP contribution in [0.4, 0.5) is 0 Å². The van der Waals surface area contributed by atoms with E-state index in [0.717, 1.165) is 6.42 Å². The van der Waals surface area contributed by atoms with Crippen molar-refractivity contribution in [2.24, 2.45) is 0 Å². The second kappa shape index (κ2) is 9.99. The summed E-state index contributed by atoms with van der Waals surface area (Å²) in [4.78, 5) is 23.5. The van der Waals surface area contributed by atoms with Gasteiger partial charge in [0.1, 0.15) is 11.5 Å². The van der Waals surface area contributed by atoms with E-state index >= 15 is 0 Å². The quantitative estimate of drug-likeness (QED) is 0.658. The fourth-order valence-corrected chi connectivity index (χ4v) is 2.37. The summed E-state index contributed by atoms with van der Waals surface area (Å²) in [6.45, 7) is 6.04. The Balaban J connectivity index is 1.69. The topological polar surface area (TPSA) is 76.7 Å². The number of halogens is 1. The Bertz CT molecular complexity index is 789. The number of hydrogen-bond donors (Lipinski definition) is 2. The Kier molecular flexibility index (Phi) is 7.70. The number of hydrogen-bond acceptors (Lipinski definition) is 4. The van der Waals surface area contributed by atoms with E-state index in [-0.39, 0.29) is 18.6 Å².